The summed E-state index contributed by atoms with van der Waals surface area (Å²) in [7, 11) is 0. The van der Waals surface area contributed by atoms with Crippen LogP contribution in [0.3, 0.4) is 0 Å². The minimum Gasteiger partial charge on any atom is -0.312 e. The molecule has 2 aromatic rings. The molecule has 3 rings (SSSR count). The van der Waals surface area contributed by atoms with Gasteiger partial charge in [-0.1, -0.05) is 36.4 Å². The third-order valence-electron chi connectivity index (χ3n) is 3.44. The van der Waals surface area contributed by atoms with Crippen LogP contribution < -0.4 is 5.32 Å². The van der Waals surface area contributed by atoms with Crippen LogP contribution in [0.2, 0.25) is 0 Å². The van der Waals surface area contributed by atoms with Gasteiger partial charge < -0.3 is 5.32 Å². The molecule has 1 nitrogen and oxygen atoms in total. The van der Waals surface area contributed by atoms with Crippen molar-refractivity contribution < 1.29 is 0 Å². The van der Waals surface area contributed by atoms with Gasteiger partial charge >= 0.3 is 0 Å². The van der Waals surface area contributed by atoms with Crippen molar-refractivity contribution >= 4 is 11.3 Å². The Labute approximate surface area is 106 Å². The second-order valence-electron chi connectivity index (χ2n) is 4.72. The first kappa shape index (κ1) is 11.0. The molecule has 0 bridgehead atoms. The molecule has 2 unspecified atom stereocenters. The molecule has 1 aromatic heterocycles. The predicted molar refractivity (Wildman–Crippen MR) is 73.3 cm³/mol. The third kappa shape index (κ3) is 2.76. The Morgan fingerprint density at radius 2 is 2.00 bits per heavy atom. The lowest BCUT2D eigenvalue weighted by molar-refractivity contribution is 0.632. The molecule has 1 aliphatic rings. The fraction of sp³-hybridized carbons (Fsp3) is 0.333. The van der Waals surface area contributed by atoms with Gasteiger partial charge in [-0.25, -0.2) is 0 Å². The SMILES string of the molecule is c1ccc(C2CC2CNCc2cccs2)cc1. The van der Waals surface area contributed by atoms with Gasteiger partial charge in [0.05, 0.1) is 0 Å². The monoisotopic (exact) mass is 243 g/mol. The van der Waals surface area contributed by atoms with Gasteiger partial charge in [-0.2, -0.15) is 0 Å². The van der Waals surface area contributed by atoms with Gasteiger partial charge in [-0.05, 0) is 41.8 Å². The lowest BCUT2D eigenvalue weighted by atomic mass is 10.1. The van der Waals surface area contributed by atoms with E-state index in [0.717, 1.165) is 24.9 Å². The minimum absolute atomic E-state index is 0.798. The predicted octanol–water partition coefficient (Wildman–Crippen LogP) is 3.64. The Balaban J connectivity index is 1.44. The Kier molecular flexibility index (Phi) is 3.25. The molecule has 1 aromatic carbocycles. The van der Waals surface area contributed by atoms with Crippen molar-refractivity contribution in [3.8, 4) is 0 Å². The molecule has 17 heavy (non-hydrogen) atoms. The molecule has 1 heterocycles. The highest BCUT2D eigenvalue weighted by atomic mass is 32.1. The van der Waals surface area contributed by atoms with E-state index >= 15 is 0 Å². The van der Waals surface area contributed by atoms with Crippen LogP contribution in [0.25, 0.3) is 0 Å². The van der Waals surface area contributed by atoms with Gasteiger partial charge in [0.15, 0.2) is 0 Å². The molecule has 0 saturated heterocycles. The van der Waals surface area contributed by atoms with Crippen LogP contribution in [0, 0.1) is 5.92 Å². The summed E-state index contributed by atoms with van der Waals surface area (Å²) in [5.41, 5.74) is 1.51. The molecule has 1 N–H and O–H groups in total. The molecule has 1 saturated carbocycles. The van der Waals surface area contributed by atoms with E-state index in [0.29, 0.717) is 0 Å². The zero-order chi connectivity index (χ0) is 11.5. The molecule has 0 aliphatic heterocycles. The number of nitrogens with one attached hydrogen (secondary N) is 1. The molecule has 2 atom stereocenters. The largest absolute Gasteiger partial charge is 0.312 e. The van der Waals surface area contributed by atoms with Crippen molar-refractivity contribution in [3.05, 3.63) is 58.3 Å². The molecule has 0 amide bonds. The number of benzene rings is 1. The number of rotatable bonds is 5. The summed E-state index contributed by atoms with van der Waals surface area (Å²) in [5.74, 6) is 1.64. The van der Waals surface area contributed by atoms with E-state index < -0.39 is 0 Å². The van der Waals surface area contributed by atoms with Crippen molar-refractivity contribution in [1.29, 1.82) is 0 Å². The second-order valence-corrected chi connectivity index (χ2v) is 5.76. The second kappa shape index (κ2) is 5.03. The molecule has 1 aliphatic carbocycles. The Morgan fingerprint density at radius 3 is 2.76 bits per heavy atom. The first-order chi connectivity index (χ1) is 8.43. The van der Waals surface area contributed by atoms with E-state index in [1.165, 1.54) is 16.9 Å². The van der Waals surface area contributed by atoms with E-state index in [2.05, 4.69) is 53.2 Å². The number of thiophene rings is 1. The van der Waals surface area contributed by atoms with Crippen LogP contribution in [-0.2, 0) is 6.54 Å². The fourth-order valence-electron chi connectivity index (χ4n) is 2.38. The third-order valence-corrected chi connectivity index (χ3v) is 4.31. The quantitative estimate of drug-likeness (QED) is 0.845. The maximum absolute atomic E-state index is 3.56. The molecule has 0 spiro atoms. The molecular formula is C15H17NS. The zero-order valence-corrected chi connectivity index (χ0v) is 10.6. The van der Waals surface area contributed by atoms with Crippen LogP contribution in [0.4, 0.5) is 0 Å². The van der Waals surface area contributed by atoms with Crippen LogP contribution in [-0.4, -0.2) is 6.54 Å². The first-order valence-electron chi connectivity index (χ1n) is 6.21. The summed E-state index contributed by atoms with van der Waals surface area (Å²) < 4.78 is 0. The summed E-state index contributed by atoms with van der Waals surface area (Å²) in [6.45, 7) is 2.17. The average molecular weight is 243 g/mol. The summed E-state index contributed by atoms with van der Waals surface area (Å²) in [4.78, 5) is 1.43. The van der Waals surface area contributed by atoms with Crippen molar-refractivity contribution in [3.63, 3.8) is 0 Å². The zero-order valence-electron chi connectivity index (χ0n) is 9.80. The van der Waals surface area contributed by atoms with E-state index in [1.807, 2.05) is 11.3 Å². The Morgan fingerprint density at radius 1 is 1.12 bits per heavy atom. The molecule has 2 heteroatoms. The normalized spacial score (nSPS) is 22.6. The van der Waals surface area contributed by atoms with Crippen LogP contribution in [0.5, 0.6) is 0 Å². The van der Waals surface area contributed by atoms with Gasteiger partial charge in [-0.15, -0.1) is 11.3 Å². The fourth-order valence-corrected chi connectivity index (χ4v) is 3.05. The lowest BCUT2D eigenvalue weighted by Crippen LogP contribution is -2.16. The maximum Gasteiger partial charge on any atom is 0.0299 e. The van der Waals surface area contributed by atoms with E-state index in [1.54, 1.807) is 0 Å². The van der Waals surface area contributed by atoms with Gasteiger partial charge in [0, 0.05) is 11.4 Å². The van der Waals surface area contributed by atoms with Gasteiger partial charge in [0.1, 0.15) is 0 Å². The van der Waals surface area contributed by atoms with Gasteiger partial charge in [0.25, 0.3) is 0 Å². The maximum atomic E-state index is 3.56. The van der Waals surface area contributed by atoms with E-state index in [4.69, 9.17) is 0 Å². The highest BCUT2D eigenvalue weighted by molar-refractivity contribution is 7.09. The Hall–Kier alpha value is -1.12. The van der Waals surface area contributed by atoms with Crippen LogP contribution in [0.1, 0.15) is 22.8 Å². The summed E-state index contributed by atoms with van der Waals surface area (Å²) in [6, 6.07) is 15.2. The first-order valence-corrected chi connectivity index (χ1v) is 7.09. The van der Waals surface area contributed by atoms with E-state index in [9.17, 15) is 0 Å². The van der Waals surface area contributed by atoms with Gasteiger partial charge in [0.2, 0.25) is 0 Å². The molecular weight excluding hydrogens is 226 g/mol. The Bertz CT molecular complexity index is 449. The molecule has 1 fully saturated rings. The summed E-state index contributed by atoms with van der Waals surface area (Å²) >= 11 is 1.83. The smallest absolute Gasteiger partial charge is 0.0299 e. The minimum atomic E-state index is 0.798. The van der Waals surface area contributed by atoms with Crippen molar-refractivity contribution in [2.45, 2.75) is 18.9 Å². The average Bonchev–Trinajstić information content (AvgIpc) is 2.95. The lowest BCUT2D eigenvalue weighted by Gasteiger charge is -2.02. The molecule has 88 valence electrons. The van der Waals surface area contributed by atoms with Gasteiger partial charge in [-0.3, -0.25) is 0 Å². The highest BCUT2D eigenvalue weighted by Gasteiger charge is 2.37. The molecule has 0 radical (unpaired) electrons. The van der Waals surface area contributed by atoms with Crippen molar-refractivity contribution in [2.24, 2.45) is 5.92 Å². The standard InChI is InChI=1S/C15H17NS/c1-2-5-12(6-3-1)15-9-13(15)10-16-11-14-7-4-8-17-14/h1-8,13,15-16H,9-11H2. The topological polar surface area (TPSA) is 12.0 Å². The number of hydrogen-bond donors (Lipinski definition) is 1. The van der Waals surface area contributed by atoms with Crippen molar-refractivity contribution in [2.75, 3.05) is 6.54 Å². The highest BCUT2D eigenvalue weighted by Crippen LogP contribution is 2.46. The van der Waals surface area contributed by atoms with Crippen LogP contribution in [0.15, 0.2) is 47.8 Å². The van der Waals surface area contributed by atoms with E-state index in [-0.39, 0.29) is 0 Å². The van der Waals surface area contributed by atoms with Crippen molar-refractivity contribution in [1.82, 2.24) is 5.32 Å². The summed E-state index contributed by atoms with van der Waals surface area (Å²) in [6.07, 6.45) is 1.35. The summed E-state index contributed by atoms with van der Waals surface area (Å²) in [5, 5.41) is 5.70. The number of hydrogen-bond acceptors (Lipinski definition) is 2. The van der Waals surface area contributed by atoms with Crippen LogP contribution >= 0.6 is 11.3 Å².